The highest BCUT2D eigenvalue weighted by atomic mass is 16.3. The molecule has 13 rings (SSSR count). The zero-order valence-corrected chi connectivity index (χ0v) is 30.4. The van der Waals surface area contributed by atoms with Crippen LogP contribution in [0.25, 0.3) is 111 Å². The summed E-state index contributed by atoms with van der Waals surface area (Å²) in [4.78, 5) is 10.6. The van der Waals surface area contributed by atoms with Gasteiger partial charge in [-0.3, -0.25) is 8.80 Å². The lowest BCUT2D eigenvalue weighted by Gasteiger charge is -2.10. The molecule has 13 aromatic rings. The Morgan fingerprint density at radius 2 is 0.825 bits per heavy atom. The molecule has 0 amide bonds. The number of furan rings is 1. The van der Waals surface area contributed by atoms with Crippen molar-refractivity contribution in [1.29, 1.82) is 0 Å². The van der Waals surface area contributed by atoms with Crippen LogP contribution in [0.5, 0.6) is 0 Å². The molecular weight excluding hydrogens is 701 g/mol. The van der Waals surface area contributed by atoms with Crippen molar-refractivity contribution >= 4 is 88.4 Å². The van der Waals surface area contributed by atoms with E-state index in [1.807, 2.05) is 12.1 Å². The first-order chi connectivity index (χ1) is 28.3. The molecule has 0 atom stereocenters. The van der Waals surface area contributed by atoms with Crippen molar-refractivity contribution in [3.8, 4) is 22.5 Å². The summed E-state index contributed by atoms with van der Waals surface area (Å²) >= 11 is 0. The van der Waals surface area contributed by atoms with E-state index in [4.69, 9.17) is 14.4 Å². The lowest BCUT2D eigenvalue weighted by atomic mass is 10.0. The minimum atomic E-state index is 0.771. The average Bonchev–Trinajstić information content (AvgIpc) is 4.01. The molecule has 0 saturated carbocycles. The molecule has 7 heteroatoms. The number of para-hydroxylation sites is 8. The number of hydrogen-bond acceptors (Lipinski definition) is 3. The maximum atomic E-state index is 6.51. The third-order valence-electron chi connectivity index (χ3n) is 11.6. The van der Waals surface area contributed by atoms with E-state index in [-0.39, 0.29) is 0 Å². The molecule has 8 aromatic carbocycles. The molecule has 0 unspecified atom stereocenters. The van der Waals surface area contributed by atoms with Crippen molar-refractivity contribution in [2.24, 2.45) is 0 Å². The quantitative estimate of drug-likeness (QED) is 0.182. The molecule has 0 aliphatic rings. The topological polar surface area (TPSA) is 57.6 Å². The zero-order valence-electron chi connectivity index (χ0n) is 30.4. The van der Waals surface area contributed by atoms with Crippen LogP contribution in [0.2, 0.25) is 0 Å². The monoisotopic (exact) mass is 730 g/mol. The number of rotatable bonds is 3. The number of fused-ring (bicyclic) bond motifs is 15. The van der Waals surface area contributed by atoms with Gasteiger partial charge >= 0.3 is 0 Å². The Kier molecular flexibility index (Phi) is 6.04. The van der Waals surface area contributed by atoms with Gasteiger partial charge in [0.25, 0.3) is 0 Å². The highest BCUT2D eigenvalue weighted by molar-refractivity contribution is 6.10. The molecule has 0 aliphatic carbocycles. The number of nitrogens with zero attached hydrogens (tertiary/aromatic N) is 6. The van der Waals surface area contributed by atoms with E-state index in [2.05, 4.69) is 188 Å². The lowest BCUT2D eigenvalue weighted by Crippen LogP contribution is -2.01. The van der Waals surface area contributed by atoms with Gasteiger partial charge in [-0.2, -0.15) is 0 Å². The Bertz CT molecular complexity index is 3670. The second kappa shape index (κ2) is 11.3. The van der Waals surface area contributed by atoms with Crippen LogP contribution in [-0.2, 0) is 0 Å². The molecule has 0 fully saturated rings. The van der Waals surface area contributed by atoms with Gasteiger partial charge in [-0.25, -0.2) is 14.5 Å². The maximum absolute atomic E-state index is 6.51. The Morgan fingerprint density at radius 3 is 1.46 bits per heavy atom. The summed E-state index contributed by atoms with van der Waals surface area (Å²) in [6.07, 6.45) is 0. The number of benzene rings is 8. The SMILES string of the molecule is c1cc(-c2ccc3oc4ccc(-n5c6nc7ccccc7n6c6ccccc6n6c7ccccc7nc56)cc4c3c2)cc(-n2c3ccccc3c3ccccc32)c1. The third-order valence-corrected chi connectivity index (χ3v) is 11.6. The second-order valence-corrected chi connectivity index (χ2v) is 14.7. The summed E-state index contributed by atoms with van der Waals surface area (Å²) in [7, 11) is 0. The molecule has 0 bridgehead atoms. The van der Waals surface area contributed by atoms with Gasteiger partial charge in [0.2, 0.25) is 11.6 Å². The fraction of sp³-hybridized carbons (Fsp3) is 0. The van der Waals surface area contributed by atoms with E-state index in [9.17, 15) is 0 Å². The van der Waals surface area contributed by atoms with E-state index in [0.29, 0.717) is 0 Å². The highest BCUT2D eigenvalue weighted by Crippen LogP contribution is 2.37. The molecular formula is C50H30N6O. The molecule has 266 valence electrons. The number of hydrogen-bond donors (Lipinski definition) is 0. The van der Waals surface area contributed by atoms with E-state index in [0.717, 1.165) is 89.1 Å². The molecule has 0 saturated heterocycles. The van der Waals surface area contributed by atoms with Gasteiger partial charge in [-0.1, -0.05) is 91.0 Å². The number of aromatic nitrogens is 6. The molecule has 0 radical (unpaired) electrons. The van der Waals surface area contributed by atoms with Crippen LogP contribution in [0, 0.1) is 0 Å². The number of imidazole rings is 2. The predicted octanol–water partition coefficient (Wildman–Crippen LogP) is 12.5. The summed E-state index contributed by atoms with van der Waals surface area (Å²) < 4.78 is 15.6. The molecule has 0 aliphatic heterocycles. The Balaban J connectivity index is 1.06. The van der Waals surface area contributed by atoms with Gasteiger partial charge in [-0.05, 0) is 102 Å². The fourth-order valence-electron chi connectivity index (χ4n) is 9.07. The Hall–Kier alpha value is -7.90. The summed E-state index contributed by atoms with van der Waals surface area (Å²) in [5.74, 6) is 1.54. The van der Waals surface area contributed by atoms with E-state index in [1.54, 1.807) is 0 Å². The van der Waals surface area contributed by atoms with Crippen LogP contribution in [0.4, 0.5) is 0 Å². The lowest BCUT2D eigenvalue weighted by molar-refractivity contribution is 0.669. The van der Waals surface area contributed by atoms with Crippen LogP contribution in [0.3, 0.4) is 0 Å². The van der Waals surface area contributed by atoms with Crippen LogP contribution >= 0.6 is 0 Å². The highest BCUT2D eigenvalue weighted by Gasteiger charge is 2.20. The first kappa shape index (κ1) is 30.4. The van der Waals surface area contributed by atoms with E-state index in [1.165, 1.54) is 21.8 Å². The Labute approximate surface area is 324 Å². The first-order valence-electron chi connectivity index (χ1n) is 19.2. The van der Waals surface area contributed by atoms with Crippen molar-refractivity contribution in [2.45, 2.75) is 0 Å². The molecule has 57 heavy (non-hydrogen) atoms. The van der Waals surface area contributed by atoms with Crippen molar-refractivity contribution in [2.75, 3.05) is 0 Å². The van der Waals surface area contributed by atoms with Crippen LogP contribution < -0.4 is 0 Å². The van der Waals surface area contributed by atoms with Crippen LogP contribution in [0.1, 0.15) is 0 Å². The van der Waals surface area contributed by atoms with Crippen molar-refractivity contribution in [3.05, 3.63) is 182 Å². The smallest absolute Gasteiger partial charge is 0.223 e. The molecule has 7 nitrogen and oxygen atoms in total. The maximum Gasteiger partial charge on any atom is 0.223 e. The molecule has 5 heterocycles. The normalized spacial score (nSPS) is 12.2. The summed E-state index contributed by atoms with van der Waals surface area (Å²) in [6.45, 7) is 0. The van der Waals surface area contributed by atoms with Crippen molar-refractivity contribution in [1.82, 2.24) is 27.9 Å². The second-order valence-electron chi connectivity index (χ2n) is 14.7. The molecule has 0 N–H and O–H groups in total. The minimum Gasteiger partial charge on any atom is -0.456 e. The van der Waals surface area contributed by atoms with Gasteiger partial charge in [0, 0.05) is 27.2 Å². The van der Waals surface area contributed by atoms with Gasteiger partial charge < -0.3 is 8.98 Å². The van der Waals surface area contributed by atoms with Gasteiger partial charge in [0.1, 0.15) is 11.2 Å². The summed E-state index contributed by atoms with van der Waals surface area (Å²) in [5.41, 5.74) is 14.3. The molecule has 0 spiro atoms. The van der Waals surface area contributed by atoms with Gasteiger partial charge in [0.15, 0.2) is 0 Å². The Morgan fingerprint density at radius 1 is 0.333 bits per heavy atom. The third kappa shape index (κ3) is 4.25. The zero-order chi connectivity index (χ0) is 37.2. The average molecular weight is 731 g/mol. The van der Waals surface area contributed by atoms with E-state index >= 15 is 0 Å². The fourth-order valence-corrected chi connectivity index (χ4v) is 9.07. The standard InChI is InChI=1S/C50H30N6O/c1-5-18-41-35(14-1)36-15-2-6-19-42(36)53(41)33-13-11-12-31(28-33)32-24-26-47-37(29-32)38-30-34(25-27-48(38)57-47)54-49-51-39-16-3-7-20-43(39)55(49)45-22-9-10-23-46(45)56-44-21-8-4-17-40(44)52-50(54)56/h1-30H. The van der Waals surface area contributed by atoms with Gasteiger partial charge in [0.05, 0.1) is 49.8 Å². The van der Waals surface area contributed by atoms with Gasteiger partial charge in [-0.15, -0.1) is 0 Å². The molecule has 5 aromatic heterocycles. The van der Waals surface area contributed by atoms with Crippen molar-refractivity contribution < 1.29 is 4.42 Å². The minimum absolute atomic E-state index is 0.771. The first-order valence-corrected chi connectivity index (χ1v) is 19.2. The summed E-state index contributed by atoms with van der Waals surface area (Å²) in [6, 6.07) is 64.2. The summed E-state index contributed by atoms with van der Waals surface area (Å²) in [5, 5.41) is 4.57. The van der Waals surface area contributed by atoms with Crippen LogP contribution in [0.15, 0.2) is 186 Å². The van der Waals surface area contributed by atoms with Crippen molar-refractivity contribution in [3.63, 3.8) is 0 Å². The van der Waals surface area contributed by atoms with Crippen LogP contribution in [-0.4, -0.2) is 27.9 Å². The largest absolute Gasteiger partial charge is 0.456 e. The van der Waals surface area contributed by atoms with E-state index < -0.39 is 0 Å². The predicted molar refractivity (Wildman–Crippen MR) is 232 cm³/mol.